The van der Waals surface area contributed by atoms with Crippen LogP contribution in [-0.4, -0.2) is 33.0 Å². The molecule has 7 heteroatoms. The number of rotatable bonds is 4. The van der Waals surface area contributed by atoms with E-state index in [1.807, 2.05) is 13.1 Å². The number of nitrogens with zero attached hydrogens (tertiary/aromatic N) is 4. The highest BCUT2D eigenvalue weighted by Crippen LogP contribution is 2.35. The van der Waals surface area contributed by atoms with Gasteiger partial charge in [-0.25, -0.2) is 4.39 Å². The van der Waals surface area contributed by atoms with Crippen LogP contribution in [0.4, 0.5) is 10.2 Å². The number of hydrogen-bond acceptors (Lipinski definition) is 5. The van der Waals surface area contributed by atoms with Crippen LogP contribution in [0, 0.1) is 11.7 Å². The fraction of sp³-hybridized carbons (Fsp3) is 0.400. The third kappa shape index (κ3) is 4.52. The van der Waals surface area contributed by atoms with Crippen LogP contribution in [0.2, 0.25) is 0 Å². The number of pyridine rings is 1. The molecule has 1 aliphatic rings. The molecule has 0 amide bonds. The third-order valence-corrected chi connectivity index (χ3v) is 6.49. The maximum Gasteiger partial charge on any atom is 0.250 e. The zero-order valence-corrected chi connectivity index (χ0v) is 18.8. The van der Waals surface area contributed by atoms with Crippen LogP contribution >= 0.6 is 0 Å². The summed E-state index contributed by atoms with van der Waals surface area (Å²) in [4.78, 5) is 14.1. The topological polar surface area (TPSA) is 71.2 Å². The highest BCUT2D eigenvalue weighted by molar-refractivity contribution is 5.74. The van der Waals surface area contributed by atoms with E-state index in [0.29, 0.717) is 23.2 Å². The molecular weight excluding hydrogens is 407 g/mol. The second-order valence-corrected chi connectivity index (χ2v) is 8.88. The number of aryl methyl sites for hydroxylation is 1. The number of phenols is 1. The van der Waals surface area contributed by atoms with Gasteiger partial charge in [-0.05, 0) is 54.7 Å². The lowest BCUT2D eigenvalue weighted by atomic mass is 9.99. The number of phenolic OH excluding ortho intramolecular Hbond substituents is 1. The number of anilines is 1. The summed E-state index contributed by atoms with van der Waals surface area (Å²) < 4.78 is 16.3. The summed E-state index contributed by atoms with van der Waals surface area (Å²) >= 11 is 0. The van der Waals surface area contributed by atoms with Crippen LogP contribution < -0.4 is 10.5 Å². The number of hydrogen-bond donors (Lipinski definition) is 1. The summed E-state index contributed by atoms with van der Waals surface area (Å²) in [5, 5.41) is 19.2. The van der Waals surface area contributed by atoms with E-state index in [1.54, 1.807) is 25.4 Å². The van der Waals surface area contributed by atoms with Crippen molar-refractivity contribution in [2.75, 3.05) is 11.9 Å². The maximum absolute atomic E-state index is 14.9. The molecule has 2 atom stereocenters. The van der Waals surface area contributed by atoms with Crippen molar-refractivity contribution in [2.24, 2.45) is 13.0 Å². The molecule has 0 unspecified atom stereocenters. The molecule has 4 rings (SSSR count). The molecule has 1 aromatic carbocycles. The van der Waals surface area contributed by atoms with Gasteiger partial charge in [-0.3, -0.25) is 4.79 Å². The van der Waals surface area contributed by atoms with Gasteiger partial charge >= 0.3 is 0 Å². The predicted octanol–water partition coefficient (Wildman–Crippen LogP) is 4.76. The minimum atomic E-state index is -0.540. The summed E-state index contributed by atoms with van der Waals surface area (Å²) in [7, 11) is 3.67. The van der Waals surface area contributed by atoms with Crippen molar-refractivity contribution in [2.45, 2.75) is 45.1 Å². The van der Waals surface area contributed by atoms with Crippen molar-refractivity contribution in [1.82, 2.24) is 14.8 Å². The fourth-order valence-electron chi connectivity index (χ4n) is 4.47. The quantitative estimate of drug-likeness (QED) is 0.597. The lowest BCUT2D eigenvalue weighted by Crippen LogP contribution is -2.33. The second kappa shape index (κ2) is 9.10. The average Bonchev–Trinajstić information content (AvgIpc) is 3.01. The molecule has 0 spiro atoms. The largest absolute Gasteiger partial charge is 0.507 e. The Morgan fingerprint density at radius 1 is 1.09 bits per heavy atom. The molecule has 0 bridgehead atoms. The Kier molecular flexibility index (Phi) is 6.26. The molecule has 32 heavy (non-hydrogen) atoms. The van der Waals surface area contributed by atoms with E-state index in [9.17, 15) is 14.3 Å². The van der Waals surface area contributed by atoms with E-state index in [-0.39, 0.29) is 22.4 Å². The van der Waals surface area contributed by atoms with E-state index in [4.69, 9.17) is 0 Å². The van der Waals surface area contributed by atoms with Gasteiger partial charge in [-0.15, -0.1) is 10.2 Å². The summed E-state index contributed by atoms with van der Waals surface area (Å²) in [6, 6.07) is 9.59. The standard InChI is InChI=1S/C25H29FN4O2/c1-16-6-4-5-7-18(12-16)30(3)24-9-8-22(27-28-24)20-14-21(26)19(15-23(20)31)17-10-11-29(2)25(32)13-17/h8-11,13-16,18,31H,4-7,12H2,1-3H3/t16-,18+/m1/s1. The first-order valence-corrected chi connectivity index (χ1v) is 11.1. The molecule has 2 heterocycles. The van der Waals surface area contributed by atoms with Crippen LogP contribution in [-0.2, 0) is 7.05 Å². The van der Waals surface area contributed by atoms with Crippen molar-refractivity contribution in [3.8, 4) is 28.1 Å². The first kappa shape index (κ1) is 22.0. The molecule has 1 aliphatic carbocycles. The van der Waals surface area contributed by atoms with Gasteiger partial charge in [0.1, 0.15) is 11.6 Å². The maximum atomic E-state index is 14.9. The van der Waals surface area contributed by atoms with E-state index in [1.165, 1.54) is 42.0 Å². The molecule has 6 nitrogen and oxygen atoms in total. The summed E-state index contributed by atoms with van der Waals surface area (Å²) in [6.07, 6.45) is 7.60. The highest BCUT2D eigenvalue weighted by atomic mass is 19.1. The van der Waals surface area contributed by atoms with Crippen LogP contribution in [0.15, 0.2) is 47.4 Å². The molecule has 3 aromatic rings. The molecule has 1 fully saturated rings. The number of aromatic nitrogens is 3. The number of aromatic hydroxyl groups is 1. The Hall–Kier alpha value is -3.22. The van der Waals surface area contributed by atoms with Gasteiger partial charge in [0.2, 0.25) is 0 Å². The van der Waals surface area contributed by atoms with Gasteiger partial charge in [-0.1, -0.05) is 26.2 Å². The molecule has 1 N–H and O–H groups in total. The van der Waals surface area contributed by atoms with E-state index in [2.05, 4.69) is 22.0 Å². The Labute approximate surface area is 187 Å². The van der Waals surface area contributed by atoms with Gasteiger partial charge in [0, 0.05) is 43.5 Å². The SMILES string of the molecule is C[C@@H]1CCCC[C@H](N(C)c2ccc(-c3cc(F)c(-c4ccn(C)c(=O)c4)cc3O)nn2)C1. The molecule has 0 radical (unpaired) electrons. The fourth-order valence-corrected chi connectivity index (χ4v) is 4.47. The molecular formula is C25H29FN4O2. The predicted molar refractivity (Wildman–Crippen MR) is 124 cm³/mol. The monoisotopic (exact) mass is 436 g/mol. The third-order valence-electron chi connectivity index (χ3n) is 6.49. The zero-order chi connectivity index (χ0) is 22.8. The first-order chi connectivity index (χ1) is 15.3. The minimum absolute atomic E-state index is 0.116. The molecule has 0 aliphatic heterocycles. The van der Waals surface area contributed by atoms with Crippen LogP contribution in [0.25, 0.3) is 22.4 Å². The molecule has 1 saturated carbocycles. The Morgan fingerprint density at radius 3 is 2.59 bits per heavy atom. The number of benzene rings is 1. The lowest BCUT2D eigenvalue weighted by molar-refractivity contribution is 0.456. The van der Waals surface area contributed by atoms with Crippen LogP contribution in [0.1, 0.15) is 39.0 Å². The molecule has 2 aromatic heterocycles. The van der Waals surface area contributed by atoms with E-state index >= 15 is 0 Å². The van der Waals surface area contributed by atoms with Crippen molar-refractivity contribution in [3.63, 3.8) is 0 Å². The summed E-state index contributed by atoms with van der Waals surface area (Å²) in [5.41, 5.74) is 0.978. The van der Waals surface area contributed by atoms with Crippen molar-refractivity contribution in [3.05, 3.63) is 58.8 Å². The first-order valence-electron chi connectivity index (χ1n) is 11.1. The summed E-state index contributed by atoms with van der Waals surface area (Å²) in [5.74, 6) is 0.807. The highest BCUT2D eigenvalue weighted by Gasteiger charge is 2.22. The second-order valence-electron chi connectivity index (χ2n) is 8.88. The Balaban J connectivity index is 1.59. The normalized spacial score (nSPS) is 18.9. The molecule has 0 saturated heterocycles. The van der Waals surface area contributed by atoms with Crippen molar-refractivity contribution >= 4 is 5.82 Å². The average molecular weight is 437 g/mol. The van der Waals surface area contributed by atoms with Gasteiger partial charge in [0.05, 0.1) is 5.69 Å². The van der Waals surface area contributed by atoms with Gasteiger partial charge in [0.25, 0.3) is 5.56 Å². The Morgan fingerprint density at radius 2 is 1.88 bits per heavy atom. The van der Waals surface area contributed by atoms with Crippen molar-refractivity contribution in [1.29, 1.82) is 0 Å². The minimum Gasteiger partial charge on any atom is -0.507 e. The lowest BCUT2D eigenvalue weighted by Gasteiger charge is -2.29. The van der Waals surface area contributed by atoms with Crippen LogP contribution in [0.5, 0.6) is 5.75 Å². The van der Waals surface area contributed by atoms with E-state index in [0.717, 1.165) is 18.7 Å². The van der Waals surface area contributed by atoms with Gasteiger partial charge in [-0.2, -0.15) is 0 Å². The van der Waals surface area contributed by atoms with Crippen molar-refractivity contribution < 1.29 is 9.50 Å². The van der Waals surface area contributed by atoms with Gasteiger partial charge in [0.15, 0.2) is 5.82 Å². The van der Waals surface area contributed by atoms with Gasteiger partial charge < -0.3 is 14.6 Å². The smallest absolute Gasteiger partial charge is 0.250 e. The number of halogens is 1. The van der Waals surface area contributed by atoms with E-state index < -0.39 is 5.82 Å². The Bertz CT molecular complexity index is 1160. The summed E-state index contributed by atoms with van der Waals surface area (Å²) in [6.45, 7) is 2.30. The molecule has 168 valence electrons. The zero-order valence-electron chi connectivity index (χ0n) is 18.8. The van der Waals surface area contributed by atoms with Crippen LogP contribution in [0.3, 0.4) is 0 Å².